The van der Waals surface area contributed by atoms with Gasteiger partial charge in [0.15, 0.2) is 11.5 Å². The first-order valence-corrected chi connectivity index (χ1v) is 13.6. The van der Waals surface area contributed by atoms with Crippen LogP contribution in [0, 0.1) is 5.41 Å². The Hall–Kier alpha value is -4.99. The van der Waals surface area contributed by atoms with Gasteiger partial charge >= 0.3 is 0 Å². The minimum atomic E-state index is -0.547. The van der Waals surface area contributed by atoms with Crippen molar-refractivity contribution in [2.75, 3.05) is 38.2 Å². The van der Waals surface area contributed by atoms with Crippen molar-refractivity contribution >= 4 is 29.0 Å². The Kier molecular flexibility index (Phi) is 7.55. The minimum Gasteiger partial charge on any atom is -0.505 e. The van der Waals surface area contributed by atoms with E-state index in [1.165, 1.54) is 0 Å². The third kappa shape index (κ3) is 5.23. The van der Waals surface area contributed by atoms with Gasteiger partial charge in [-0.25, -0.2) is 4.90 Å². The Labute approximate surface area is 245 Å². The molecule has 3 aromatic carbocycles. The molecule has 2 aliphatic heterocycles. The second-order valence-corrected chi connectivity index (χ2v) is 11.4. The number of anilines is 2. The normalized spacial score (nSPS) is 15.8. The highest BCUT2D eigenvalue weighted by Crippen LogP contribution is 2.41. The van der Waals surface area contributed by atoms with Crippen molar-refractivity contribution < 1.29 is 24.2 Å². The lowest BCUT2D eigenvalue weighted by Gasteiger charge is -2.33. The lowest BCUT2D eigenvalue weighted by atomic mass is 9.82. The number of carbonyl (C=O) groups is 2. The van der Waals surface area contributed by atoms with E-state index >= 15 is 0 Å². The van der Waals surface area contributed by atoms with Gasteiger partial charge in [-0.15, -0.1) is 0 Å². The standard InChI is InChI=1S/C32H35N5O5/c1-32(2,3)28(19-15-16-23-24(17-19)42-18-41-23)35-26-25(30(39)37(31(26)40)20-11-8-7-9-12-20)34-22-14-10-13-21(27(22)38)29(33-4)36(5)6/h7-17,28,34-35,38H,18H2,1-6H3/t28-/m0/s1. The first-order chi connectivity index (χ1) is 20.0. The maximum absolute atomic E-state index is 14.0. The maximum Gasteiger partial charge on any atom is 0.284 e. The number of aromatic hydroxyl groups is 1. The molecule has 0 fully saturated rings. The van der Waals surface area contributed by atoms with Gasteiger partial charge in [0, 0.05) is 21.1 Å². The van der Waals surface area contributed by atoms with Crippen LogP contribution in [0.1, 0.15) is 37.9 Å². The Bertz CT molecular complexity index is 1590. The van der Waals surface area contributed by atoms with Gasteiger partial charge in [0.1, 0.15) is 23.0 Å². The van der Waals surface area contributed by atoms with E-state index < -0.39 is 23.3 Å². The molecule has 10 nitrogen and oxygen atoms in total. The van der Waals surface area contributed by atoms with Crippen LogP contribution in [0.25, 0.3) is 0 Å². The topological polar surface area (TPSA) is 116 Å². The molecule has 5 rings (SSSR count). The SMILES string of the molecule is CN=C(c1cccc(NC2=C(N[C@@H](c3ccc4c(c3)OCO4)C(C)(C)C)C(=O)N(c3ccccc3)C2=O)c1O)N(C)C. The van der Waals surface area contributed by atoms with Gasteiger partial charge in [0.25, 0.3) is 11.8 Å². The Balaban J connectivity index is 1.61. The van der Waals surface area contributed by atoms with E-state index in [1.54, 1.807) is 54.4 Å². The zero-order chi connectivity index (χ0) is 30.2. The van der Waals surface area contributed by atoms with Gasteiger partial charge in [-0.3, -0.25) is 14.6 Å². The molecule has 0 saturated heterocycles. The lowest BCUT2D eigenvalue weighted by Crippen LogP contribution is -2.37. The van der Waals surface area contributed by atoms with Crippen LogP contribution in [-0.4, -0.2) is 55.6 Å². The fourth-order valence-electron chi connectivity index (χ4n) is 5.15. The van der Waals surface area contributed by atoms with Crippen molar-refractivity contribution in [1.82, 2.24) is 10.2 Å². The summed E-state index contributed by atoms with van der Waals surface area (Å²) in [5.41, 5.74) is 1.75. The van der Waals surface area contributed by atoms with Gasteiger partial charge in [0.2, 0.25) is 6.79 Å². The number of imide groups is 1. The highest BCUT2D eigenvalue weighted by atomic mass is 16.7. The van der Waals surface area contributed by atoms with E-state index in [2.05, 4.69) is 15.6 Å². The molecule has 0 aromatic heterocycles. The fourth-order valence-corrected chi connectivity index (χ4v) is 5.15. The number of nitrogens with zero attached hydrogens (tertiary/aromatic N) is 3. The van der Waals surface area contributed by atoms with Crippen LogP contribution in [0.3, 0.4) is 0 Å². The molecule has 2 heterocycles. The third-order valence-corrected chi connectivity index (χ3v) is 7.15. The van der Waals surface area contributed by atoms with Crippen molar-refractivity contribution in [3.63, 3.8) is 0 Å². The Morgan fingerprint density at radius 2 is 1.64 bits per heavy atom. The summed E-state index contributed by atoms with van der Waals surface area (Å²) in [6, 6.07) is 19.1. The molecular formula is C32H35N5O5. The zero-order valence-electron chi connectivity index (χ0n) is 24.6. The van der Waals surface area contributed by atoms with Crippen molar-refractivity contribution in [2.24, 2.45) is 10.4 Å². The summed E-state index contributed by atoms with van der Waals surface area (Å²) in [5.74, 6) is 0.668. The van der Waals surface area contributed by atoms with Crippen molar-refractivity contribution in [3.8, 4) is 17.2 Å². The second-order valence-electron chi connectivity index (χ2n) is 11.4. The largest absolute Gasteiger partial charge is 0.505 e. The molecule has 2 aliphatic rings. The van der Waals surface area contributed by atoms with Gasteiger partial charge in [0.05, 0.1) is 23.0 Å². The number of rotatable bonds is 7. The minimum absolute atomic E-state index is 0.0196. The van der Waals surface area contributed by atoms with Crippen LogP contribution in [0.2, 0.25) is 0 Å². The first kappa shape index (κ1) is 28.5. The highest BCUT2D eigenvalue weighted by molar-refractivity contribution is 6.33. The first-order valence-electron chi connectivity index (χ1n) is 13.6. The van der Waals surface area contributed by atoms with Gasteiger partial charge in [-0.05, 0) is 47.4 Å². The van der Waals surface area contributed by atoms with Crippen molar-refractivity contribution in [2.45, 2.75) is 26.8 Å². The highest BCUT2D eigenvalue weighted by Gasteiger charge is 2.42. The summed E-state index contributed by atoms with van der Waals surface area (Å²) in [5, 5.41) is 17.7. The Morgan fingerprint density at radius 1 is 0.952 bits per heavy atom. The predicted octanol–water partition coefficient (Wildman–Crippen LogP) is 4.63. The van der Waals surface area contributed by atoms with E-state index in [-0.39, 0.29) is 29.6 Å². The van der Waals surface area contributed by atoms with Crippen LogP contribution in [0.15, 0.2) is 83.1 Å². The second kappa shape index (κ2) is 11.1. The molecule has 10 heteroatoms. The number of hydrogen-bond acceptors (Lipinski definition) is 8. The summed E-state index contributed by atoms with van der Waals surface area (Å²) < 4.78 is 11.1. The number of phenols is 1. The van der Waals surface area contributed by atoms with Gasteiger partial charge in [-0.1, -0.05) is 51.1 Å². The number of phenolic OH excluding ortho intramolecular Hbond substituents is 1. The molecule has 1 atom stereocenters. The molecule has 0 aliphatic carbocycles. The lowest BCUT2D eigenvalue weighted by molar-refractivity contribution is -0.120. The molecule has 3 aromatic rings. The van der Waals surface area contributed by atoms with E-state index in [0.717, 1.165) is 10.5 Å². The number of amidine groups is 1. The third-order valence-electron chi connectivity index (χ3n) is 7.15. The number of carbonyl (C=O) groups excluding carboxylic acids is 2. The van der Waals surface area contributed by atoms with Crippen molar-refractivity contribution in [1.29, 1.82) is 0 Å². The summed E-state index contributed by atoms with van der Waals surface area (Å²) in [4.78, 5) is 35.2. The molecule has 0 bridgehead atoms. The number of para-hydroxylation sites is 2. The number of benzene rings is 3. The number of amides is 2. The molecular weight excluding hydrogens is 534 g/mol. The molecule has 0 unspecified atom stereocenters. The average molecular weight is 570 g/mol. The van der Waals surface area contributed by atoms with Crippen LogP contribution in [0.5, 0.6) is 17.2 Å². The van der Waals surface area contributed by atoms with E-state index in [9.17, 15) is 14.7 Å². The summed E-state index contributed by atoms with van der Waals surface area (Å²) >= 11 is 0. The van der Waals surface area contributed by atoms with E-state index in [4.69, 9.17) is 9.47 Å². The molecule has 42 heavy (non-hydrogen) atoms. The number of hydrogen-bond donors (Lipinski definition) is 3. The van der Waals surface area contributed by atoms with Crippen LogP contribution >= 0.6 is 0 Å². The monoisotopic (exact) mass is 569 g/mol. The number of ether oxygens (including phenoxy) is 2. The zero-order valence-corrected chi connectivity index (χ0v) is 24.6. The maximum atomic E-state index is 14.0. The number of nitrogens with one attached hydrogen (secondary N) is 2. The van der Waals surface area contributed by atoms with Gasteiger partial charge < -0.3 is 30.1 Å². The molecule has 0 radical (unpaired) electrons. The average Bonchev–Trinajstić information content (AvgIpc) is 3.50. The van der Waals surface area contributed by atoms with Crippen molar-refractivity contribution in [3.05, 3.63) is 89.3 Å². The summed E-state index contributed by atoms with van der Waals surface area (Å²) in [7, 11) is 5.29. The molecule has 0 saturated carbocycles. The Morgan fingerprint density at radius 3 is 2.31 bits per heavy atom. The quantitative estimate of drug-likeness (QED) is 0.163. The van der Waals surface area contributed by atoms with Crippen LogP contribution in [-0.2, 0) is 9.59 Å². The summed E-state index contributed by atoms with van der Waals surface area (Å²) in [6.07, 6.45) is 0. The summed E-state index contributed by atoms with van der Waals surface area (Å²) in [6.45, 7) is 6.27. The van der Waals surface area contributed by atoms with Gasteiger partial charge in [-0.2, -0.15) is 0 Å². The smallest absolute Gasteiger partial charge is 0.284 e. The van der Waals surface area contributed by atoms with Crippen LogP contribution in [0.4, 0.5) is 11.4 Å². The molecule has 3 N–H and O–H groups in total. The predicted molar refractivity (Wildman–Crippen MR) is 162 cm³/mol. The van der Waals surface area contributed by atoms with E-state index in [1.807, 2.05) is 59.1 Å². The molecule has 0 spiro atoms. The molecule has 218 valence electrons. The number of aliphatic imine (C=N–C) groups is 1. The fraction of sp³-hybridized carbons (Fsp3) is 0.281. The van der Waals surface area contributed by atoms with Crippen LogP contribution < -0.4 is 25.0 Å². The van der Waals surface area contributed by atoms with E-state index in [0.29, 0.717) is 28.6 Å². The number of fused-ring (bicyclic) bond motifs is 1. The molecule has 2 amide bonds.